The highest BCUT2D eigenvalue weighted by Crippen LogP contribution is 2.30. The number of aromatic amines is 1. The first-order valence-corrected chi connectivity index (χ1v) is 9.63. The summed E-state index contributed by atoms with van der Waals surface area (Å²) in [6, 6.07) is 7.30. The fourth-order valence-corrected chi connectivity index (χ4v) is 5.38. The number of rotatable bonds is 3. The van der Waals surface area contributed by atoms with Crippen molar-refractivity contribution in [3.8, 4) is 0 Å². The van der Waals surface area contributed by atoms with Gasteiger partial charge in [0.25, 0.3) is 10.0 Å². The normalized spacial score (nSPS) is 16.6. The van der Waals surface area contributed by atoms with Crippen LogP contribution in [0.25, 0.3) is 16.6 Å². The van der Waals surface area contributed by atoms with Gasteiger partial charge >= 0.3 is 0 Å². The van der Waals surface area contributed by atoms with Gasteiger partial charge < -0.3 is 4.98 Å². The van der Waals surface area contributed by atoms with Gasteiger partial charge in [0.05, 0.1) is 11.0 Å². The summed E-state index contributed by atoms with van der Waals surface area (Å²) in [5, 5.41) is 1.79. The van der Waals surface area contributed by atoms with Crippen LogP contribution in [0.3, 0.4) is 0 Å². The summed E-state index contributed by atoms with van der Waals surface area (Å²) in [5.74, 6) is 0. The first-order valence-electron chi connectivity index (χ1n) is 7.31. The van der Waals surface area contributed by atoms with Gasteiger partial charge in [0, 0.05) is 31.0 Å². The minimum atomic E-state index is -3.37. The topological polar surface area (TPSA) is 66.1 Å². The molecule has 0 spiro atoms. The molecular formula is C16H15N3O2S2. The molecule has 4 heterocycles. The zero-order valence-corrected chi connectivity index (χ0v) is 13.9. The summed E-state index contributed by atoms with van der Waals surface area (Å²) in [7, 11) is -3.37. The predicted molar refractivity (Wildman–Crippen MR) is 91.8 cm³/mol. The van der Waals surface area contributed by atoms with Crippen molar-refractivity contribution in [2.24, 2.45) is 0 Å². The maximum Gasteiger partial charge on any atom is 0.252 e. The average Bonchev–Trinajstić information content (AvgIpc) is 3.25. The van der Waals surface area contributed by atoms with Gasteiger partial charge in [-0.2, -0.15) is 4.31 Å². The van der Waals surface area contributed by atoms with Crippen molar-refractivity contribution in [3.63, 3.8) is 0 Å². The Kier molecular flexibility index (Phi) is 3.56. The van der Waals surface area contributed by atoms with Gasteiger partial charge in [-0.05, 0) is 35.6 Å². The van der Waals surface area contributed by atoms with E-state index < -0.39 is 10.0 Å². The molecule has 118 valence electrons. The first kappa shape index (κ1) is 14.6. The summed E-state index contributed by atoms with van der Waals surface area (Å²) < 4.78 is 27.0. The number of fused-ring (bicyclic) bond motifs is 1. The molecule has 0 amide bonds. The van der Waals surface area contributed by atoms with Crippen molar-refractivity contribution in [2.75, 3.05) is 13.1 Å². The third-order valence-electron chi connectivity index (χ3n) is 4.04. The van der Waals surface area contributed by atoms with Crippen LogP contribution in [-0.2, 0) is 10.0 Å². The lowest BCUT2D eigenvalue weighted by molar-refractivity contribution is 0.443. The third kappa shape index (κ3) is 2.50. The van der Waals surface area contributed by atoms with Crippen LogP contribution in [-0.4, -0.2) is 35.8 Å². The Labute approximate surface area is 138 Å². The van der Waals surface area contributed by atoms with E-state index in [-0.39, 0.29) is 0 Å². The first-order chi connectivity index (χ1) is 11.2. The van der Waals surface area contributed by atoms with E-state index in [4.69, 9.17) is 0 Å². The van der Waals surface area contributed by atoms with E-state index in [9.17, 15) is 8.42 Å². The van der Waals surface area contributed by atoms with Crippen molar-refractivity contribution in [3.05, 3.63) is 53.7 Å². The van der Waals surface area contributed by atoms with Crippen molar-refractivity contribution in [1.82, 2.24) is 14.3 Å². The van der Waals surface area contributed by atoms with E-state index in [0.717, 1.165) is 22.2 Å². The molecule has 0 fully saturated rings. The minimum Gasteiger partial charge on any atom is -0.359 e. The van der Waals surface area contributed by atoms with Crippen LogP contribution >= 0.6 is 11.3 Å². The van der Waals surface area contributed by atoms with Crippen LogP contribution < -0.4 is 0 Å². The van der Waals surface area contributed by atoms with Crippen LogP contribution in [0.1, 0.15) is 12.0 Å². The van der Waals surface area contributed by atoms with Crippen LogP contribution in [0, 0.1) is 0 Å². The van der Waals surface area contributed by atoms with Crippen LogP contribution in [0.15, 0.2) is 52.3 Å². The molecule has 4 rings (SSSR count). The van der Waals surface area contributed by atoms with E-state index in [1.807, 2.05) is 24.4 Å². The quantitative estimate of drug-likeness (QED) is 0.793. The largest absolute Gasteiger partial charge is 0.359 e. The molecule has 0 radical (unpaired) electrons. The van der Waals surface area contributed by atoms with Crippen molar-refractivity contribution in [2.45, 2.75) is 10.6 Å². The Morgan fingerprint density at radius 3 is 2.91 bits per heavy atom. The molecule has 0 saturated heterocycles. The lowest BCUT2D eigenvalue weighted by Crippen LogP contribution is -2.34. The fraction of sp³-hybridized carbons (Fsp3) is 0.188. The number of aromatic nitrogens is 2. The Morgan fingerprint density at radius 2 is 2.17 bits per heavy atom. The number of thiophene rings is 1. The highest BCUT2D eigenvalue weighted by atomic mass is 32.2. The fourth-order valence-electron chi connectivity index (χ4n) is 2.85. The zero-order chi connectivity index (χ0) is 15.9. The molecule has 0 aromatic carbocycles. The number of pyridine rings is 1. The van der Waals surface area contributed by atoms with Gasteiger partial charge in [-0.3, -0.25) is 4.98 Å². The van der Waals surface area contributed by atoms with E-state index in [1.165, 1.54) is 15.6 Å². The molecule has 0 bridgehead atoms. The molecule has 1 N–H and O–H groups in total. The number of H-pyrrole nitrogens is 1. The molecule has 0 saturated carbocycles. The highest BCUT2D eigenvalue weighted by Gasteiger charge is 2.27. The van der Waals surface area contributed by atoms with Gasteiger partial charge in [0.15, 0.2) is 0 Å². The van der Waals surface area contributed by atoms with E-state index in [1.54, 1.807) is 23.7 Å². The lowest BCUT2D eigenvalue weighted by Gasteiger charge is -2.25. The number of sulfonamides is 1. The standard InChI is InChI=1S/C16H15N3O2S2/c20-23(21,15-4-2-10-22-15)19-8-5-12(6-9-19)13-11-18-14-3-1-7-17-16(13)14/h1-5,7,10-11,18H,6,8-9H2. The Bertz CT molecular complexity index is 972. The van der Waals surface area contributed by atoms with Crippen LogP contribution in [0.2, 0.25) is 0 Å². The predicted octanol–water partition coefficient (Wildman–Crippen LogP) is 3.10. The van der Waals surface area contributed by atoms with Gasteiger partial charge in [0.1, 0.15) is 4.21 Å². The summed E-state index contributed by atoms with van der Waals surface area (Å²) in [6.45, 7) is 0.890. The van der Waals surface area contributed by atoms with Gasteiger partial charge in [-0.25, -0.2) is 8.42 Å². The van der Waals surface area contributed by atoms with Crippen LogP contribution in [0.4, 0.5) is 0 Å². The third-order valence-corrected chi connectivity index (χ3v) is 7.28. The van der Waals surface area contributed by atoms with Gasteiger partial charge in [0.2, 0.25) is 0 Å². The summed E-state index contributed by atoms with van der Waals surface area (Å²) in [6.07, 6.45) is 6.41. The number of nitrogens with one attached hydrogen (secondary N) is 1. The average molecular weight is 345 g/mol. The molecular weight excluding hydrogens is 330 g/mol. The molecule has 0 aliphatic carbocycles. The molecule has 5 nitrogen and oxygen atoms in total. The number of nitrogens with zero attached hydrogens (tertiary/aromatic N) is 2. The number of hydrogen-bond donors (Lipinski definition) is 1. The van der Waals surface area contributed by atoms with Gasteiger partial charge in [-0.15, -0.1) is 11.3 Å². The minimum absolute atomic E-state index is 0.398. The highest BCUT2D eigenvalue weighted by molar-refractivity contribution is 7.91. The molecule has 1 aliphatic rings. The smallest absolute Gasteiger partial charge is 0.252 e. The summed E-state index contributed by atoms with van der Waals surface area (Å²) in [4.78, 5) is 7.64. The number of hydrogen-bond acceptors (Lipinski definition) is 4. The van der Waals surface area contributed by atoms with Gasteiger partial charge in [-0.1, -0.05) is 12.1 Å². The molecule has 0 unspecified atom stereocenters. The molecule has 7 heteroatoms. The zero-order valence-electron chi connectivity index (χ0n) is 12.3. The Morgan fingerprint density at radius 1 is 1.26 bits per heavy atom. The second-order valence-electron chi connectivity index (χ2n) is 5.38. The maximum absolute atomic E-state index is 12.5. The second kappa shape index (κ2) is 5.59. The Balaban J connectivity index is 1.63. The van der Waals surface area contributed by atoms with E-state index in [2.05, 4.69) is 9.97 Å². The SMILES string of the molecule is O=S(=O)(c1cccs1)N1CC=C(c2c[nH]c3cccnc23)CC1. The monoisotopic (exact) mass is 345 g/mol. The Hall–Kier alpha value is -1.96. The van der Waals surface area contributed by atoms with E-state index in [0.29, 0.717) is 23.7 Å². The molecule has 0 atom stereocenters. The van der Waals surface area contributed by atoms with Crippen molar-refractivity contribution >= 4 is 38.0 Å². The second-order valence-corrected chi connectivity index (χ2v) is 8.49. The van der Waals surface area contributed by atoms with E-state index >= 15 is 0 Å². The molecule has 23 heavy (non-hydrogen) atoms. The molecule has 3 aromatic heterocycles. The van der Waals surface area contributed by atoms with Crippen molar-refractivity contribution in [1.29, 1.82) is 0 Å². The maximum atomic E-state index is 12.5. The van der Waals surface area contributed by atoms with Crippen LogP contribution in [0.5, 0.6) is 0 Å². The summed E-state index contributed by atoms with van der Waals surface area (Å²) in [5.41, 5.74) is 4.15. The lowest BCUT2D eigenvalue weighted by atomic mass is 10.0. The van der Waals surface area contributed by atoms with Crippen molar-refractivity contribution < 1.29 is 8.42 Å². The summed E-state index contributed by atoms with van der Waals surface area (Å²) >= 11 is 1.26. The molecule has 3 aromatic rings. The molecule has 1 aliphatic heterocycles.